The molecule has 2 fully saturated rings. The summed E-state index contributed by atoms with van der Waals surface area (Å²) < 4.78 is 51.1. The lowest BCUT2D eigenvalue weighted by Gasteiger charge is -2.36. The monoisotopic (exact) mass is 226 g/mol. The molecule has 2 saturated carbocycles. The van der Waals surface area contributed by atoms with Crippen LogP contribution in [0.25, 0.3) is 0 Å². The van der Waals surface area contributed by atoms with Gasteiger partial charge in [0.1, 0.15) is 5.67 Å². The molecule has 4 atom stereocenters. The second-order valence-electron chi connectivity index (χ2n) is 5.30. The Labute approximate surface area is 85.5 Å². The summed E-state index contributed by atoms with van der Waals surface area (Å²) in [5.74, 6) is -0.626. The van der Waals surface area contributed by atoms with Gasteiger partial charge in [-0.25, -0.2) is 4.39 Å². The highest BCUT2D eigenvalue weighted by molar-refractivity contribution is 5.11. The molecule has 0 saturated heterocycles. The Morgan fingerprint density at radius 3 is 2.33 bits per heavy atom. The lowest BCUT2D eigenvalue weighted by molar-refractivity contribution is -0.250. The van der Waals surface area contributed by atoms with Gasteiger partial charge in [0.05, 0.1) is 0 Å². The summed E-state index contributed by atoms with van der Waals surface area (Å²) >= 11 is 0. The molecule has 5 heteroatoms. The topological polar surface area (TPSA) is 20.2 Å². The highest BCUT2D eigenvalue weighted by atomic mass is 19.4. The van der Waals surface area contributed by atoms with E-state index in [1.807, 2.05) is 0 Å². The van der Waals surface area contributed by atoms with Crippen LogP contribution in [0.15, 0.2) is 0 Å². The second kappa shape index (κ2) is 2.87. The van der Waals surface area contributed by atoms with Crippen LogP contribution in [0.1, 0.15) is 32.6 Å². The van der Waals surface area contributed by atoms with E-state index in [2.05, 4.69) is 0 Å². The summed E-state index contributed by atoms with van der Waals surface area (Å²) in [6.07, 6.45) is -6.14. The molecule has 0 aromatic rings. The minimum Gasteiger partial charge on any atom is -0.381 e. The Balaban J connectivity index is 2.23. The van der Waals surface area contributed by atoms with Crippen molar-refractivity contribution < 1.29 is 22.7 Å². The number of fused-ring (bicyclic) bond motifs is 2. The molecule has 0 amide bonds. The molecule has 2 aliphatic carbocycles. The molecule has 0 heterocycles. The Kier molecular flexibility index (Phi) is 2.14. The van der Waals surface area contributed by atoms with E-state index >= 15 is 0 Å². The van der Waals surface area contributed by atoms with E-state index in [1.54, 1.807) is 6.92 Å². The highest BCUT2D eigenvalue weighted by Crippen LogP contribution is 2.62. The smallest absolute Gasteiger partial charge is 0.381 e. The van der Waals surface area contributed by atoms with E-state index in [1.165, 1.54) is 0 Å². The van der Waals surface area contributed by atoms with Crippen molar-refractivity contribution in [3.63, 3.8) is 0 Å². The zero-order valence-corrected chi connectivity index (χ0v) is 8.44. The zero-order valence-electron chi connectivity index (χ0n) is 8.44. The summed E-state index contributed by atoms with van der Waals surface area (Å²) in [7, 11) is 0. The maximum absolute atomic E-state index is 14.2. The molecule has 4 unspecified atom stereocenters. The molecule has 0 aromatic carbocycles. The van der Waals surface area contributed by atoms with E-state index < -0.39 is 23.9 Å². The third-order valence-corrected chi connectivity index (χ3v) is 3.98. The van der Waals surface area contributed by atoms with Gasteiger partial charge in [0.15, 0.2) is 6.10 Å². The predicted octanol–water partition coefficient (Wildman–Crippen LogP) is 2.83. The summed E-state index contributed by atoms with van der Waals surface area (Å²) in [6.45, 7) is 1.80. The average molecular weight is 226 g/mol. The molecule has 0 spiro atoms. The minimum atomic E-state index is -4.85. The number of halogens is 4. The lowest BCUT2D eigenvalue weighted by atomic mass is 9.77. The van der Waals surface area contributed by atoms with Crippen LogP contribution in [0.5, 0.6) is 0 Å². The van der Waals surface area contributed by atoms with Gasteiger partial charge in [-0.1, -0.05) is 6.92 Å². The molecule has 88 valence electrons. The number of aliphatic hydroxyl groups is 1. The van der Waals surface area contributed by atoms with Crippen molar-refractivity contribution in [1.82, 2.24) is 0 Å². The fraction of sp³-hybridized carbons (Fsp3) is 1.00. The van der Waals surface area contributed by atoms with Crippen molar-refractivity contribution >= 4 is 0 Å². The van der Waals surface area contributed by atoms with Crippen LogP contribution in [-0.4, -0.2) is 23.1 Å². The van der Waals surface area contributed by atoms with Crippen LogP contribution in [0, 0.1) is 11.3 Å². The maximum atomic E-state index is 14.2. The van der Waals surface area contributed by atoms with Crippen LogP contribution >= 0.6 is 0 Å². The summed E-state index contributed by atoms with van der Waals surface area (Å²) in [5.41, 5.74) is -2.79. The summed E-state index contributed by atoms with van der Waals surface area (Å²) in [5, 5.41) is 9.08. The molecule has 1 nitrogen and oxygen atoms in total. The standard InChI is InChI=1S/C10H14F4O/c1-8-3-2-6(4-8)9(11,5-8)7(15)10(12,13)14/h6-7,15H,2-5H2,1H3. The molecule has 2 aliphatic rings. The second-order valence-corrected chi connectivity index (χ2v) is 5.30. The number of hydrogen-bond donors (Lipinski definition) is 1. The van der Waals surface area contributed by atoms with Crippen LogP contribution < -0.4 is 0 Å². The Morgan fingerprint density at radius 1 is 1.40 bits per heavy atom. The molecule has 0 aromatic heterocycles. The lowest BCUT2D eigenvalue weighted by Crippen LogP contribution is -2.51. The third-order valence-electron chi connectivity index (χ3n) is 3.98. The van der Waals surface area contributed by atoms with Crippen LogP contribution in [0.2, 0.25) is 0 Å². The zero-order chi connectivity index (χ0) is 11.5. The van der Waals surface area contributed by atoms with E-state index in [-0.39, 0.29) is 11.8 Å². The molecule has 1 N–H and O–H groups in total. The predicted molar refractivity (Wildman–Crippen MR) is 46.0 cm³/mol. The van der Waals surface area contributed by atoms with E-state index in [9.17, 15) is 17.6 Å². The Bertz CT molecular complexity index is 277. The van der Waals surface area contributed by atoms with Gasteiger partial charge in [0.2, 0.25) is 0 Å². The first-order valence-corrected chi connectivity index (χ1v) is 5.11. The molecule has 2 bridgehead atoms. The Morgan fingerprint density at radius 2 is 2.00 bits per heavy atom. The van der Waals surface area contributed by atoms with Gasteiger partial charge in [-0.05, 0) is 37.0 Å². The summed E-state index contributed by atoms with van der Waals surface area (Å²) in [6, 6.07) is 0. The van der Waals surface area contributed by atoms with Crippen molar-refractivity contribution in [2.24, 2.45) is 11.3 Å². The Hall–Kier alpha value is -0.320. The fourth-order valence-corrected chi connectivity index (χ4v) is 3.28. The van der Waals surface area contributed by atoms with Crippen molar-refractivity contribution in [3.05, 3.63) is 0 Å². The number of hydrogen-bond acceptors (Lipinski definition) is 1. The van der Waals surface area contributed by atoms with Crippen molar-refractivity contribution in [3.8, 4) is 0 Å². The highest BCUT2D eigenvalue weighted by Gasteiger charge is 2.66. The van der Waals surface area contributed by atoms with Gasteiger partial charge in [0.25, 0.3) is 0 Å². The van der Waals surface area contributed by atoms with Gasteiger partial charge in [0, 0.05) is 0 Å². The molecule has 0 radical (unpaired) electrons. The summed E-state index contributed by atoms with van der Waals surface area (Å²) in [4.78, 5) is 0. The number of rotatable bonds is 1. The number of alkyl halides is 4. The first kappa shape index (κ1) is 11.2. The first-order valence-electron chi connectivity index (χ1n) is 5.11. The SMILES string of the molecule is CC12CCC(C1)C(F)(C(O)C(F)(F)F)C2. The van der Waals surface area contributed by atoms with Gasteiger partial charge in [-0.2, -0.15) is 13.2 Å². The molecular formula is C10H14F4O. The van der Waals surface area contributed by atoms with Crippen molar-refractivity contribution in [2.75, 3.05) is 0 Å². The minimum absolute atomic E-state index is 0.161. The quantitative estimate of drug-likeness (QED) is 0.681. The molecular weight excluding hydrogens is 212 g/mol. The van der Waals surface area contributed by atoms with Crippen LogP contribution in [0.4, 0.5) is 17.6 Å². The van der Waals surface area contributed by atoms with Crippen molar-refractivity contribution in [2.45, 2.75) is 50.6 Å². The normalized spacial score (nSPS) is 47.2. The van der Waals surface area contributed by atoms with Gasteiger partial charge >= 0.3 is 6.18 Å². The van der Waals surface area contributed by atoms with Gasteiger partial charge in [-0.15, -0.1) is 0 Å². The molecule has 0 aliphatic heterocycles. The largest absolute Gasteiger partial charge is 0.417 e. The van der Waals surface area contributed by atoms with Gasteiger partial charge < -0.3 is 5.11 Å². The maximum Gasteiger partial charge on any atom is 0.417 e. The molecule has 15 heavy (non-hydrogen) atoms. The van der Waals surface area contributed by atoms with Crippen LogP contribution in [0.3, 0.4) is 0 Å². The van der Waals surface area contributed by atoms with Crippen LogP contribution in [-0.2, 0) is 0 Å². The third kappa shape index (κ3) is 1.55. The van der Waals surface area contributed by atoms with Gasteiger partial charge in [-0.3, -0.25) is 0 Å². The van der Waals surface area contributed by atoms with Crippen molar-refractivity contribution in [1.29, 1.82) is 0 Å². The fourth-order valence-electron chi connectivity index (χ4n) is 3.28. The molecule has 2 rings (SSSR count). The number of aliphatic hydroxyl groups excluding tert-OH is 1. The first-order chi connectivity index (χ1) is 6.67. The van der Waals surface area contributed by atoms with E-state index in [0.717, 1.165) is 6.42 Å². The van der Waals surface area contributed by atoms with E-state index in [4.69, 9.17) is 5.11 Å². The average Bonchev–Trinajstić information content (AvgIpc) is 2.54. The van der Waals surface area contributed by atoms with E-state index in [0.29, 0.717) is 12.8 Å².